The van der Waals surface area contributed by atoms with Crippen molar-refractivity contribution in [2.45, 2.75) is 45.1 Å². The summed E-state index contributed by atoms with van der Waals surface area (Å²) in [6.07, 6.45) is 1.16. The lowest BCUT2D eigenvalue weighted by Gasteiger charge is -2.42. The van der Waals surface area contributed by atoms with Crippen LogP contribution in [0.2, 0.25) is 0 Å². The molecule has 1 heterocycles. The Balaban J connectivity index is 1.41. The number of likely N-dealkylation sites (N-methyl/N-ethyl adjacent to an activating group) is 1. The van der Waals surface area contributed by atoms with Gasteiger partial charge in [0.2, 0.25) is 0 Å². The highest BCUT2D eigenvalue weighted by molar-refractivity contribution is 5.73. The van der Waals surface area contributed by atoms with Crippen LogP contribution in [0.25, 0.3) is 0 Å². The largest absolute Gasteiger partial charge is 0.392 e. The zero-order chi connectivity index (χ0) is 27.6. The van der Waals surface area contributed by atoms with E-state index in [2.05, 4.69) is 36.1 Å². The fraction of sp³-hybridized carbons (Fsp3) is 0.344. The highest BCUT2D eigenvalue weighted by Gasteiger charge is 2.38. The molecule has 3 aromatic carbocycles. The van der Waals surface area contributed by atoms with Gasteiger partial charge in [0.15, 0.2) is 6.29 Å². The monoisotopic (exact) mass is 529 g/mol. The Labute approximate surface area is 231 Å². The summed E-state index contributed by atoms with van der Waals surface area (Å²) in [7, 11) is 2.06. The molecule has 3 aromatic rings. The smallest absolute Gasteiger partial charge is 0.315 e. The molecule has 0 unspecified atom stereocenters. The standard InChI is InChI=1S/C32H39N3O4/c1-4-18-35(3)21-29-23(2)30(27-14-12-26(22-36)13-15-27)39-31(38-29)28-16-10-25(11-17-28)20-34-32(37)33-19-24-8-6-5-7-9-24/h4-17,23,29-31,36H,1,18-22H2,2-3H3,(H2,33,34,37)/t23-,29+,30+,31+/m0/s1. The first-order valence-electron chi connectivity index (χ1n) is 13.4. The summed E-state index contributed by atoms with van der Waals surface area (Å²) < 4.78 is 13.0. The van der Waals surface area contributed by atoms with E-state index in [9.17, 15) is 9.90 Å². The number of carbonyl (C=O) groups is 1. The third-order valence-electron chi connectivity index (χ3n) is 7.06. The van der Waals surface area contributed by atoms with Crippen LogP contribution in [0.15, 0.2) is 91.5 Å². The number of amides is 2. The molecule has 0 aliphatic carbocycles. The van der Waals surface area contributed by atoms with Crippen LogP contribution in [0.4, 0.5) is 4.79 Å². The molecule has 0 saturated carbocycles. The number of benzene rings is 3. The highest BCUT2D eigenvalue weighted by Crippen LogP contribution is 2.41. The van der Waals surface area contributed by atoms with Gasteiger partial charge in [0, 0.05) is 37.7 Å². The predicted octanol–water partition coefficient (Wildman–Crippen LogP) is 5.09. The summed E-state index contributed by atoms with van der Waals surface area (Å²) in [5, 5.41) is 15.2. The SMILES string of the molecule is C=CCN(C)C[C@H]1O[C@@H](c2ccc(CNC(=O)NCc3ccccc3)cc2)O[C@@H](c2ccc(CO)cc2)[C@H]1C. The van der Waals surface area contributed by atoms with Gasteiger partial charge in [-0.25, -0.2) is 4.79 Å². The Hall–Kier alpha value is -3.49. The van der Waals surface area contributed by atoms with Gasteiger partial charge in [0.25, 0.3) is 0 Å². The number of ether oxygens (including phenoxy) is 2. The minimum atomic E-state index is -0.526. The molecule has 3 N–H and O–H groups in total. The average molecular weight is 530 g/mol. The first kappa shape index (κ1) is 28.5. The first-order valence-corrected chi connectivity index (χ1v) is 13.4. The van der Waals surface area contributed by atoms with Gasteiger partial charge in [-0.05, 0) is 29.3 Å². The Morgan fingerprint density at radius 2 is 1.49 bits per heavy atom. The minimum Gasteiger partial charge on any atom is -0.392 e. The number of nitrogens with one attached hydrogen (secondary N) is 2. The molecule has 7 nitrogen and oxygen atoms in total. The van der Waals surface area contributed by atoms with Crippen molar-refractivity contribution in [3.05, 3.63) is 119 Å². The van der Waals surface area contributed by atoms with Crippen molar-refractivity contribution in [2.24, 2.45) is 5.92 Å². The maximum absolute atomic E-state index is 12.2. The maximum atomic E-state index is 12.2. The van der Waals surface area contributed by atoms with E-state index in [-0.39, 0.29) is 30.8 Å². The van der Waals surface area contributed by atoms with Crippen molar-refractivity contribution in [1.29, 1.82) is 0 Å². The number of carbonyl (C=O) groups excluding carboxylic acids is 1. The lowest BCUT2D eigenvalue weighted by atomic mass is 9.90. The van der Waals surface area contributed by atoms with E-state index in [0.29, 0.717) is 13.1 Å². The number of hydrogen-bond acceptors (Lipinski definition) is 5. The fourth-order valence-electron chi connectivity index (χ4n) is 4.75. The third kappa shape index (κ3) is 8.00. The number of rotatable bonds is 11. The second-order valence-corrected chi connectivity index (χ2v) is 10.1. The van der Waals surface area contributed by atoms with Crippen LogP contribution >= 0.6 is 0 Å². The Morgan fingerprint density at radius 1 is 0.897 bits per heavy atom. The number of aliphatic hydroxyl groups is 1. The second-order valence-electron chi connectivity index (χ2n) is 10.1. The van der Waals surface area contributed by atoms with Gasteiger partial charge in [-0.3, -0.25) is 0 Å². The molecule has 4 rings (SSSR count). The highest BCUT2D eigenvalue weighted by atomic mass is 16.7. The van der Waals surface area contributed by atoms with E-state index in [1.807, 2.05) is 84.9 Å². The van der Waals surface area contributed by atoms with E-state index in [4.69, 9.17) is 9.47 Å². The number of nitrogens with zero attached hydrogens (tertiary/aromatic N) is 1. The molecule has 1 aliphatic heterocycles. The van der Waals surface area contributed by atoms with Crippen LogP contribution < -0.4 is 10.6 Å². The zero-order valence-corrected chi connectivity index (χ0v) is 22.8. The van der Waals surface area contributed by atoms with Crippen LogP contribution in [0.5, 0.6) is 0 Å². The van der Waals surface area contributed by atoms with Crippen LogP contribution in [-0.4, -0.2) is 42.3 Å². The van der Waals surface area contributed by atoms with E-state index >= 15 is 0 Å². The van der Waals surface area contributed by atoms with E-state index in [1.54, 1.807) is 0 Å². The normalized spacial score (nSPS) is 20.9. The average Bonchev–Trinajstić information content (AvgIpc) is 2.97. The van der Waals surface area contributed by atoms with E-state index in [0.717, 1.165) is 40.9 Å². The first-order chi connectivity index (χ1) is 19.0. The predicted molar refractivity (Wildman–Crippen MR) is 153 cm³/mol. The minimum absolute atomic E-state index is 0.0119. The van der Waals surface area contributed by atoms with Crippen molar-refractivity contribution in [2.75, 3.05) is 20.1 Å². The summed E-state index contributed by atoms with van der Waals surface area (Å²) in [5.74, 6) is 0.117. The molecule has 0 spiro atoms. The molecule has 1 fully saturated rings. The van der Waals surface area contributed by atoms with E-state index < -0.39 is 6.29 Å². The van der Waals surface area contributed by atoms with Gasteiger partial charge in [-0.1, -0.05) is 91.9 Å². The number of urea groups is 1. The lowest BCUT2D eigenvalue weighted by molar-refractivity contribution is -0.275. The van der Waals surface area contributed by atoms with Crippen LogP contribution in [0.1, 0.15) is 47.1 Å². The summed E-state index contributed by atoms with van der Waals surface area (Å²) in [4.78, 5) is 14.4. The summed E-state index contributed by atoms with van der Waals surface area (Å²) in [6.45, 7) is 8.44. The van der Waals surface area contributed by atoms with Crippen molar-refractivity contribution >= 4 is 6.03 Å². The van der Waals surface area contributed by atoms with Crippen LogP contribution in [0, 0.1) is 5.92 Å². The summed E-state index contributed by atoms with van der Waals surface area (Å²) in [5.41, 5.74) is 4.89. The molecule has 39 heavy (non-hydrogen) atoms. The lowest BCUT2D eigenvalue weighted by Crippen LogP contribution is -2.43. The fourth-order valence-corrected chi connectivity index (χ4v) is 4.75. The molecule has 206 valence electrons. The van der Waals surface area contributed by atoms with Gasteiger partial charge in [-0.2, -0.15) is 0 Å². The van der Waals surface area contributed by atoms with Crippen LogP contribution in [0.3, 0.4) is 0 Å². The van der Waals surface area contributed by atoms with Gasteiger partial charge < -0.3 is 30.1 Å². The molecule has 1 saturated heterocycles. The molecular formula is C32H39N3O4. The molecule has 7 heteroatoms. The Kier molecular flexibility index (Phi) is 10.3. The molecule has 2 amide bonds. The molecule has 0 radical (unpaired) electrons. The van der Waals surface area contributed by atoms with Gasteiger partial charge in [0.05, 0.1) is 18.8 Å². The Bertz CT molecular complexity index is 1180. The third-order valence-corrected chi connectivity index (χ3v) is 7.06. The zero-order valence-electron chi connectivity index (χ0n) is 22.8. The van der Waals surface area contributed by atoms with Crippen molar-refractivity contribution in [1.82, 2.24) is 15.5 Å². The maximum Gasteiger partial charge on any atom is 0.315 e. The molecule has 4 atom stereocenters. The molecular weight excluding hydrogens is 490 g/mol. The summed E-state index contributed by atoms with van der Waals surface area (Å²) in [6, 6.07) is 25.5. The molecule has 1 aliphatic rings. The van der Waals surface area contributed by atoms with Gasteiger partial charge in [0.1, 0.15) is 0 Å². The molecule has 0 bridgehead atoms. The van der Waals surface area contributed by atoms with Gasteiger partial charge >= 0.3 is 6.03 Å². The van der Waals surface area contributed by atoms with Crippen LogP contribution in [-0.2, 0) is 29.2 Å². The number of aliphatic hydroxyl groups excluding tert-OH is 1. The van der Waals surface area contributed by atoms with Crippen molar-refractivity contribution < 1.29 is 19.4 Å². The Morgan fingerprint density at radius 3 is 2.10 bits per heavy atom. The van der Waals surface area contributed by atoms with Crippen molar-refractivity contribution in [3.63, 3.8) is 0 Å². The quantitative estimate of drug-likeness (QED) is 0.302. The summed E-state index contributed by atoms with van der Waals surface area (Å²) >= 11 is 0. The molecule has 0 aromatic heterocycles. The second kappa shape index (κ2) is 14.1. The number of hydrogen-bond donors (Lipinski definition) is 3. The topological polar surface area (TPSA) is 83.1 Å². The van der Waals surface area contributed by atoms with Gasteiger partial charge in [-0.15, -0.1) is 6.58 Å². The van der Waals surface area contributed by atoms with Crippen molar-refractivity contribution in [3.8, 4) is 0 Å². The van der Waals surface area contributed by atoms with E-state index in [1.165, 1.54) is 0 Å².